The van der Waals surface area contributed by atoms with Gasteiger partial charge in [0.15, 0.2) is 0 Å². The van der Waals surface area contributed by atoms with Gasteiger partial charge in [0.2, 0.25) is 0 Å². The number of aromatic nitrogens is 1. The summed E-state index contributed by atoms with van der Waals surface area (Å²) in [5, 5.41) is -0.878. The molecule has 0 saturated heterocycles. The Balaban J connectivity index is 3.21. The van der Waals surface area contributed by atoms with Crippen LogP contribution in [0.15, 0.2) is 12.1 Å². The maximum absolute atomic E-state index is 12.2. The fraction of sp³-hybridized carbons (Fsp3) is 0.143. The predicted octanol–water partition coefficient (Wildman–Crippen LogP) is 3.08. The zero-order valence-electron chi connectivity index (χ0n) is 6.40. The predicted molar refractivity (Wildman–Crippen MR) is 52.1 cm³/mol. The summed E-state index contributed by atoms with van der Waals surface area (Å²) in [6.07, 6.45) is -4.46. The minimum atomic E-state index is -4.46. The standard InChI is InChI=1S/C7H2ClF3INO/c8-5(14)4-2-1-3(6(12)13-4)7(9,10)11/h1-2H. The molecule has 1 heterocycles. The van der Waals surface area contributed by atoms with E-state index in [4.69, 9.17) is 11.6 Å². The van der Waals surface area contributed by atoms with Crippen LogP contribution in [0.4, 0.5) is 13.2 Å². The first-order valence-electron chi connectivity index (χ1n) is 3.26. The van der Waals surface area contributed by atoms with E-state index in [2.05, 4.69) is 4.98 Å². The van der Waals surface area contributed by atoms with Crippen LogP contribution in [-0.2, 0) is 6.18 Å². The molecule has 0 atom stereocenters. The number of carbonyl (C=O) groups is 1. The Morgan fingerprint density at radius 3 is 2.36 bits per heavy atom. The maximum Gasteiger partial charge on any atom is 0.418 e. The van der Waals surface area contributed by atoms with Crippen molar-refractivity contribution >= 4 is 39.4 Å². The Kier molecular flexibility index (Phi) is 3.36. The van der Waals surface area contributed by atoms with E-state index in [-0.39, 0.29) is 9.39 Å². The number of pyridine rings is 1. The van der Waals surface area contributed by atoms with Gasteiger partial charge in [0.25, 0.3) is 5.24 Å². The number of rotatable bonds is 1. The topological polar surface area (TPSA) is 30.0 Å². The van der Waals surface area contributed by atoms with Crippen molar-refractivity contribution in [3.05, 3.63) is 27.1 Å². The molecule has 7 heteroatoms. The zero-order chi connectivity index (χ0) is 10.9. The van der Waals surface area contributed by atoms with Gasteiger partial charge in [0.1, 0.15) is 9.39 Å². The Labute approximate surface area is 95.6 Å². The van der Waals surface area contributed by atoms with E-state index in [9.17, 15) is 18.0 Å². The average molecular weight is 335 g/mol. The van der Waals surface area contributed by atoms with Gasteiger partial charge in [-0.3, -0.25) is 4.79 Å². The number of hydrogen-bond donors (Lipinski definition) is 0. The van der Waals surface area contributed by atoms with Gasteiger partial charge in [-0.25, -0.2) is 4.98 Å². The number of nitrogens with zero attached hydrogens (tertiary/aromatic N) is 1. The molecular formula is C7H2ClF3INO. The molecule has 1 aromatic rings. The summed E-state index contributed by atoms with van der Waals surface area (Å²) in [6, 6.07) is 1.73. The number of hydrogen-bond acceptors (Lipinski definition) is 2. The van der Waals surface area contributed by atoms with Crippen molar-refractivity contribution in [3.63, 3.8) is 0 Å². The van der Waals surface area contributed by atoms with E-state index >= 15 is 0 Å². The van der Waals surface area contributed by atoms with Crippen LogP contribution in [0.25, 0.3) is 0 Å². The van der Waals surface area contributed by atoms with Crippen molar-refractivity contribution < 1.29 is 18.0 Å². The molecular weight excluding hydrogens is 333 g/mol. The van der Waals surface area contributed by atoms with Crippen LogP contribution < -0.4 is 0 Å². The Morgan fingerprint density at radius 2 is 2.00 bits per heavy atom. The van der Waals surface area contributed by atoms with E-state index in [0.29, 0.717) is 0 Å². The molecule has 0 saturated carbocycles. The monoisotopic (exact) mass is 335 g/mol. The lowest BCUT2D eigenvalue weighted by Crippen LogP contribution is -2.10. The lowest BCUT2D eigenvalue weighted by atomic mass is 10.2. The third kappa shape index (κ3) is 2.57. The van der Waals surface area contributed by atoms with Crippen LogP contribution in [0.3, 0.4) is 0 Å². The molecule has 0 spiro atoms. The summed E-state index contributed by atoms with van der Waals surface area (Å²) in [5.41, 5.74) is -1.07. The molecule has 0 radical (unpaired) electrons. The fourth-order valence-electron chi connectivity index (χ4n) is 0.755. The van der Waals surface area contributed by atoms with Gasteiger partial charge in [0.05, 0.1) is 5.56 Å². The molecule has 1 rings (SSSR count). The second-order valence-corrected chi connectivity index (χ2v) is 3.67. The molecule has 0 aliphatic carbocycles. The fourth-order valence-corrected chi connectivity index (χ4v) is 1.61. The molecule has 0 unspecified atom stereocenters. The van der Waals surface area contributed by atoms with Crippen LogP contribution in [0.5, 0.6) is 0 Å². The molecule has 0 N–H and O–H groups in total. The molecule has 0 fully saturated rings. The molecule has 0 amide bonds. The quantitative estimate of drug-likeness (QED) is 0.448. The van der Waals surface area contributed by atoms with E-state index < -0.39 is 17.0 Å². The Morgan fingerprint density at radius 1 is 1.43 bits per heavy atom. The summed E-state index contributed by atoms with van der Waals surface area (Å²) in [5.74, 6) is 0. The highest BCUT2D eigenvalue weighted by atomic mass is 127. The van der Waals surface area contributed by atoms with E-state index in [1.165, 1.54) is 22.6 Å². The first-order valence-corrected chi connectivity index (χ1v) is 4.71. The van der Waals surface area contributed by atoms with Crippen molar-refractivity contribution in [2.75, 3.05) is 0 Å². The summed E-state index contributed by atoms with van der Waals surface area (Å²) in [4.78, 5) is 14.0. The highest BCUT2D eigenvalue weighted by Crippen LogP contribution is 2.31. The minimum absolute atomic E-state index is 0.191. The lowest BCUT2D eigenvalue weighted by molar-refractivity contribution is -0.138. The molecule has 0 aliphatic rings. The molecule has 0 aliphatic heterocycles. The van der Waals surface area contributed by atoms with Crippen molar-refractivity contribution in [2.45, 2.75) is 6.18 Å². The Bertz CT molecular complexity index is 380. The minimum Gasteiger partial charge on any atom is -0.274 e. The van der Waals surface area contributed by atoms with Crippen LogP contribution in [0, 0.1) is 3.70 Å². The Hall–Kier alpha value is -0.370. The largest absolute Gasteiger partial charge is 0.418 e. The number of carbonyl (C=O) groups excluding carboxylic acids is 1. The second-order valence-electron chi connectivity index (χ2n) is 2.31. The highest BCUT2D eigenvalue weighted by molar-refractivity contribution is 14.1. The van der Waals surface area contributed by atoms with Gasteiger partial charge in [-0.2, -0.15) is 13.2 Å². The third-order valence-corrected chi connectivity index (χ3v) is 2.37. The van der Waals surface area contributed by atoms with Gasteiger partial charge in [-0.15, -0.1) is 0 Å². The van der Waals surface area contributed by atoms with Gasteiger partial charge in [-0.1, -0.05) is 0 Å². The normalized spacial score (nSPS) is 11.5. The first kappa shape index (κ1) is 11.7. The number of halogens is 5. The van der Waals surface area contributed by atoms with Crippen LogP contribution in [0.1, 0.15) is 16.1 Å². The second kappa shape index (κ2) is 4.01. The van der Waals surface area contributed by atoms with Crippen molar-refractivity contribution in [2.24, 2.45) is 0 Å². The molecule has 14 heavy (non-hydrogen) atoms. The lowest BCUT2D eigenvalue weighted by Gasteiger charge is -2.08. The molecule has 1 aromatic heterocycles. The summed E-state index contributed by atoms with van der Waals surface area (Å²) < 4.78 is 36.4. The smallest absolute Gasteiger partial charge is 0.274 e. The van der Waals surface area contributed by atoms with Crippen LogP contribution in [0.2, 0.25) is 0 Å². The highest BCUT2D eigenvalue weighted by Gasteiger charge is 2.33. The van der Waals surface area contributed by atoms with Gasteiger partial charge < -0.3 is 0 Å². The van der Waals surface area contributed by atoms with Crippen molar-refractivity contribution in [1.82, 2.24) is 4.98 Å². The summed E-state index contributed by atoms with van der Waals surface area (Å²) in [7, 11) is 0. The number of alkyl halides is 3. The van der Waals surface area contributed by atoms with Crippen molar-refractivity contribution in [3.8, 4) is 0 Å². The SMILES string of the molecule is O=C(Cl)c1ccc(C(F)(F)F)c(I)n1. The molecule has 0 bridgehead atoms. The van der Waals surface area contributed by atoms with Crippen molar-refractivity contribution in [1.29, 1.82) is 0 Å². The van der Waals surface area contributed by atoms with Gasteiger partial charge >= 0.3 is 6.18 Å². The molecule has 76 valence electrons. The van der Waals surface area contributed by atoms with E-state index in [1.807, 2.05) is 0 Å². The first-order chi connectivity index (χ1) is 6.32. The van der Waals surface area contributed by atoms with Crippen LogP contribution in [-0.4, -0.2) is 10.2 Å². The maximum atomic E-state index is 12.2. The average Bonchev–Trinajstić information content (AvgIpc) is 2.01. The summed E-state index contributed by atoms with van der Waals surface area (Å²) in [6.45, 7) is 0. The van der Waals surface area contributed by atoms with E-state index in [0.717, 1.165) is 12.1 Å². The third-order valence-electron chi connectivity index (χ3n) is 1.36. The van der Waals surface area contributed by atoms with Crippen LogP contribution >= 0.6 is 34.2 Å². The molecule has 2 nitrogen and oxygen atoms in total. The zero-order valence-corrected chi connectivity index (χ0v) is 9.31. The van der Waals surface area contributed by atoms with Gasteiger partial charge in [-0.05, 0) is 46.3 Å². The summed E-state index contributed by atoms with van der Waals surface area (Å²) >= 11 is 6.46. The van der Waals surface area contributed by atoms with Gasteiger partial charge in [0, 0.05) is 0 Å². The molecule has 0 aromatic carbocycles. The van der Waals surface area contributed by atoms with E-state index in [1.54, 1.807) is 0 Å².